The van der Waals surface area contributed by atoms with Crippen LogP contribution in [0.15, 0.2) is 29.8 Å². The van der Waals surface area contributed by atoms with Crippen molar-refractivity contribution in [2.24, 2.45) is 35.5 Å². The van der Waals surface area contributed by atoms with Crippen molar-refractivity contribution < 1.29 is 57.3 Å². The van der Waals surface area contributed by atoms with Crippen LogP contribution in [0, 0.1) is 42.4 Å². The minimum absolute atomic E-state index is 0.000709. The summed E-state index contributed by atoms with van der Waals surface area (Å²) in [5.74, 6) is -1.50. The first kappa shape index (κ1) is 49.3. The molecule has 2 N–H and O–H groups in total. The van der Waals surface area contributed by atoms with Gasteiger partial charge in [-0.05, 0) is 128 Å². The summed E-state index contributed by atoms with van der Waals surface area (Å²) in [7, 11) is 10.7. The first-order chi connectivity index (χ1) is 30.6. The number of esters is 1. The number of Topliss-reactive ketones (excluding diaryl/α,β-unsaturated/α-hetero) is 1. The van der Waals surface area contributed by atoms with Crippen LogP contribution in [-0.4, -0.2) is 144 Å². The number of cyclic esters (lactones) is 1. The monoisotopic (exact) mass is 899 g/mol. The fraction of sp³-hybridized carbons (Fsp3) is 0.800. The van der Waals surface area contributed by atoms with Gasteiger partial charge in [0.2, 0.25) is 0 Å². The van der Waals surface area contributed by atoms with Gasteiger partial charge >= 0.3 is 5.97 Å². The Labute approximate surface area is 381 Å². The highest BCUT2D eigenvalue weighted by Gasteiger charge is 2.60. The summed E-state index contributed by atoms with van der Waals surface area (Å²) in [5.41, 5.74) is 2.02. The van der Waals surface area contributed by atoms with Gasteiger partial charge in [-0.15, -0.1) is 0 Å². The predicted molar refractivity (Wildman–Crippen MR) is 241 cm³/mol. The summed E-state index contributed by atoms with van der Waals surface area (Å²) < 4.78 is 56.6. The van der Waals surface area contributed by atoms with Gasteiger partial charge in [-0.25, -0.2) is 0 Å². The maximum absolute atomic E-state index is 15.2. The number of nitrogens with one attached hydrogen (secondary N) is 1. The molecule has 0 aromatic heterocycles. The van der Waals surface area contributed by atoms with Crippen LogP contribution in [0.1, 0.15) is 97.5 Å². The third-order valence-electron chi connectivity index (χ3n) is 15.6. The van der Waals surface area contributed by atoms with E-state index in [0.29, 0.717) is 43.4 Å². The molecule has 3 saturated heterocycles. The van der Waals surface area contributed by atoms with Crippen molar-refractivity contribution in [2.75, 3.05) is 54.4 Å². The highest BCUT2D eigenvalue weighted by atomic mass is 16.7. The maximum atomic E-state index is 15.2. The lowest BCUT2D eigenvalue weighted by Crippen LogP contribution is -2.59. The van der Waals surface area contributed by atoms with E-state index in [1.165, 1.54) is 0 Å². The van der Waals surface area contributed by atoms with E-state index >= 15 is 4.79 Å². The van der Waals surface area contributed by atoms with E-state index in [9.17, 15) is 9.90 Å². The Morgan fingerprint density at radius 1 is 0.938 bits per heavy atom. The van der Waals surface area contributed by atoms with Crippen molar-refractivity contribution in [2.45, 2.75) is 172 Å². The van der Waals surface area contributed by atoms with Gasteiger partial charge in [0, 0.05) is 45.6 Å². The van der Waals surface area contributed by atoms with Crippen LogP contribution in [0.5, 0.6) is 5.75 Å². The Morgan fingerprint density at radius 2 is 1.67 bits per heavy atom. The zero-order valence-corrected chi connectivity index (χ0v) is 40.3. The van der Waals surface area contributed by atoms with Gasteiger partial charge in [0.1, 0.15) is 30.2 Å². The number of allylic oxidation sites excluding steroid dienone is 2. The molecule has 360 valence electrons. The van der Waals surface area contributed by atoms with Crippen LogP contribution in [0.4, 0.5) is 5.69 Å². The molecule has 0 radical (unpaired) electrons. The molecular weight excluding hydrogens is 821 g/mol. The lowest BCUT2D eigenvalue weighted by molar-refractivity contribution is -0.314. The van der Waals surface area contributed by atoms with Gasteiger partial charge in [-0.3, -0.25) is 9.59 Å². The third-order valence-corrected chi connectivity index (χ3v) is 15.6. The number of rotatable bonds is 13. The quantitative estimate of drug-likeness (QED) is 0.208. The van der Waals surface area contributed by atoms with Crippen LogP contribution in [-0.2, 0) is 47.5 Å². The molecule has 3 heterocycles. The number of anilines is 1. The molecule has 18 atom stereocenters. The maximum Gasteiger partial charge on any atom is 0.306 e. The van der Waals surface area contributed by atoms with Crippen molar-refractivity contribution in [1.29, 1.82) is 0 Å². The molecule has 14 nitrogen and oxygen atoms in total. The molecule has 0 spiro atoms. The SMILES string of the molecule is CC[C@H]1CCC[C@H](O[C@H]2CCCC(C)(CN(C)C)O2)[C@@H](C)C(=O)C2=C[C@H]3[C@@H]4C[C@H](O[C@@H]5OC(C)[C@H](OC)C(OC)C5OC)C[C@H]4[C@H](Nc4c(C)cccc4OC)[C@@H](O)[C@H]3[C@@H]2CC(=O)O1. The van der Waals surface area contributed by atoms with Gasteiger partial charge in [-0.1, -0.05) is 32.1 Å². The first-order valence-electron chi connectivity index (χ1n) is 24.0. The van der Waals surface area contributed by atoms with Gasteiger partial charge < -0.3 is 58.0 Å². The molecule has 4 unspecified atom stereocenters. The summed E-state index contributed by atoms with van der Waals surface area (Å²) in [6, 6.07) is 5.43. The molecule has 1 aromatic carbocycles. The summed E-state index contributed by atoms with van der Waals surface area (Å²) in [6.45, 7) is 10.9. The molecule has 6 aliphatic rings. The number of para-hydroxylation sites is 1. The summed E-state index contributed by atoms with van der Waals surface area (Å²) in [6.07, 6.45) is 4.14. The number of methoxy groups -OCH3 is 4. The van der Waals surface area contributed by atoms with E-state index in [1.807, 2.05) is 45.9 Å². The Hall–Kier alpha value is -2.66. The smallest absolute Gasteiger partial charge is 0.306 e. The predicted octanol–water partition coefficient (Wildman–Crippen LogP) is 6.48. The number of carbonyl (C=O) groups excluding carboxylic acids is 2. The topological polar surface area (TPSA) is 153 Å². The number of hydrogen-bond donors (Lipinski definition) is 2. The van der Waals surface area contributed by atoms with Crippen molar-refractivity contribution >= 4 is 17.4 Å². The number of nitrogens with zero attached hydrogens (tertiary/aromatic N) is 1. The summed E-state index contributed by atoms with van der Waals surface area (Å²) in [4.78, 5) is 31.4. The largest absolute Gasteiger partial charge is 0.495 e. The van der Waals surface area contributed by atoms with E-state index in [0.717, 1.165) is 43.5 Å². The highest BCUT2D eigenvalue weighted by molar-refractivity contribution is 5.99. The highest BCUT2D eigenvalue weighted by Crippen LogP contribution is 2.58. The van der Waals surface area contributed by atoms with E-state index < -0.39 is 60.8 Å². The van der Waals surface area contributed by atoms with Crippen molar-refractivity contribution in [1.82, 2.24) is 4.90 Å². The molecule has 1 aromatic rings. The normalized spacial score (nSPS) is 41.8. The summed E-state index contributed by atoms with van der Waals surface area (Å²) >= 11 is 0. The van der Waals surface area contributed by atoms with Gasteiger partial charge in [-0.2, -0.15) is 0 Å². The van der Waals surface area contributed by atoms with E-state index in [1.54, 1.807) is 28.4 Å². The number of benzene rings is 1. The Balaban J connectivity index is 1.23. The van der Waals surface area contributed by atoms with Gasteiger partial charge in [0.05, 0.1) is 55.3 Å². The summed E-state index contributed by atoms with van der Waals surface area (Å²) in [5, 5.41) is 16.7. The zero-order chi connectivity index (χ0) is 46.0. The number of ether oxygens (including phenoxy) is 9. The standard InChI is InChI=1S/C50H78N2O12/c1-12-30-17-14-18-37(63-40-20-15-21-50(5,64-40)26-52(6)7)28(3)44(54)36-24-33-32-22-31(62-49-48(59-11)47(58-10)46(57-9)29(4)60-49)23-35(32)43(45(55)41(33)34(36)25-39(53)61-30)51-42-27(2)16-13-19-38(42)56-8/h13,16,19,24,28-35,37,40-41,43,45-49,51,55H,12,14-15,17-18,20-23,25-26H2,1-11H3/t28-,29?,30+,31+,32+,33+,34-,35-,37+,40-,41-,43+,45+,46+,47?,48?,49+,50?/m1/s1. The average molecular weight is 899 g/mol. The molecule has 14 heteroatoms. The fourth-order valence-electron chi connectivity index (χ4n) is 12.6. The second kappa shape index (κ2) is 21.1. The van der Waals surface area contributed by atoms with Crippen LogP contribution in [0.25, 0.3) is 0 Å². The van der Waals surface area contributed by atoms with Crippen LogP contribution >= 0.6 is 0 Å². The number of aryl methyl sites for hydroxylation is 1. The molecular formula is C50H78N2O12. The van der Waals surface area contributed by atoms with Crippen molar-refractivity contribution in [3.8, 4) is 5.75 Å². The molecule has 0 amide bonds. The number of aliphatic hydroxyl groups excluding tert-OH is 1. The molecule has 64 heavy (non-hydrogen) atoms. The first-order valence-corrected chi connectivity index (χ1v) is 24.0. The minimum Gasteiger partial charge on any atom is -0.495 e. The number of ketones is 1. The lowest BCUT2D eigenvalue weighted by atomic mass is 9.62. The Bertz CT molecular complexity index is 1780. The molecule has 3 aliphatic heterocycles. The van der Waals surface area contributed by atoms with Crippen molar-refractivity contribution in [3.05, 3.63) is 35.4 Å². The van der Waals surface area contributed by atoms with E-state index in [4.69, 9.17) is 42.6 Å². The fourth-order valence-corrected chi connectivity index (χ4v) is 12.6. The third kappa shape index (κ3) is 10.3. The zero-order valence-electron chi connectivity index (χ0n) is 40.3. The van der Waals surface area contributed by atoms with Gasteiger partial charge in [0.25, 0.3) is 0 Å². The minimum atomic E-state index is -0.936. The van der Waals surface area contributed by atoms with E-state index in [-0.39, 0.29) is 65.9 Å². The molecule has 7 rings (SSSR count). The second-order valence-corrected chi connectivity index (χ2v) is 20.2. The lowest BCUT2D eigenvalue weighted by Gasteiger charge is -2.47. The van der Waals surface area contributed by atoms with Crippen LogP contribution in [0.3, 0.4) is 0 Å². The number of aliphatic hydroxyl groups is 1. The average Bonchev–Trinajstić information content (AvgIpc) is 3.84. The van der Waals surface area contributed by atoms with E-state index in [2.05, 4.69) is 37.3 Å². The second-order valence-electron chi connectivity index (χ2n) is 20.2. The Kier molecular flexibility index (Phi) is 16.2. The van der Waals surface area contributed by atoms with Crippen molar-refractivity contribution in [3.63, 3.8) is 0 Å². The number of carbonyl (C=O) groups is 2. The number of likely N-dealkylation sites (N-methyl/N-ethyl adjacent to an activating group) is 1. The molecule has 2 saturated carbocycles. The Morgan fingerprint density at radius 3 is 2.36 bits per heavy atom. The molecule has 3 aliphatic carbocycles. The molecule has 5 fully saturated rings. The number of fused-ring (bicyclic) bond motifs is 5. The van der Waals surface area contributed by atoms with Crippen LogP contribution < -0.4 is 10.1 Å². The van der Waals surface area contributed by atoms with Gasteiger partial charge in [0.15, 0.2) is 18.4 Å². The molecule has 0 bridgehead atoms. The van der Waals surface area contributed by atoms with Crippen LogP contribution in [0.2, 0.25) is 0 Å². The number of hydrogen-bond acceptors (Lipinski definition) is 14.